The van der Waals surface area contributed by atoms with Gasteiger partial charge < -0.3 is 4.40 Å². The van der Waals surface area contributed by atoms with Gasteiger partial charge in [0.2, 0.25) is 0 Å². The van der Waals surface area contributed by atoms with Gasteiger partial charge in [-0.05, 0) is 30.3 Å². The fourth-order valence-corrected chi connectivity index (χ4v) is 2.42. The van der Waals surface area contributed by atoms with Crippen molar-refractivity contribution in [3.63, 3.8) is 0 Å². The van der Waals surface area contributed by atoms with Crippen molar-refractivity contribution in [2.45, 2.75) is 0 Å². The molecule has 19 heavy (non-hydrogen) atoms. The summed E-state index contributed by atoms with van der Waals surface area (Å²) in [5.41, 5.74) is 4.39. The van der Waals surface area contributed by atoms with E-state index in [1.807, 2.05) is 24.3 Å². The van der Waals surface area contributed by atoms with Gasteiger partial charge in [-0.3, -0.25) is 0 Å². The van der Waals surface area contributed by atoms with Gasteiger partial charge in [-0.2, -0.15) is 0 Å². The highest BCUT2D eigenvalue weighted by atomic mass is 14.9. The Kier molecular flexibility index (Phi) is 2.15. The van der Waals surface area contributed by atoms with E-state index >= 15 is 0 Å². The topological polar surface area (TPSA) is 17.3 Å². The first-order chi connectivity index (χ1) is 9.40. The predicted octanol–water partition coefficient (Wildman–Crippen LogP) is 4.15. The van der Waals surface area contributed by atoms with Crippen LogP contribution in [0.5, 0.6) is 0 Å². The highest BCUT2D eigenvalue weighted by molar-refractivity contribution is 5.82. The van der Waals surface area contributed by atoms with Crippen molar-refractivity contribution in [1.29, 1.82) is 0 Å². The Morgan fingerprint density at radius 3 is 2.68 bits per heavy atom. The summed E-state index contributed by atoms with van der Waals surface area (Å²) < 4.78 is 2.12. The van der Waals surface area contributed by atoms with E-state index in [0.717, 1.165) is 16.8 Å². The molecule has 2 heteroatoms. The highest BCUT2D eigenvalue weighted by Crippen LogP contribution is 2.23. The molecule has 0 bridgehead atoms. The van der Waals surface area contributed by atoms with E-state index in [1.165, 1.54) is 10.9 Å². The Labute approximate surface area is 111 Å². The summed E-state index contributed by atoms with van der Waals surface area (Å²) in [5, 5.41) is 1.18. The molecule has 0 aliphatic rings. The summed E-state index contributed by atoms with van der Waals surface area (Å²) in [6.45, 7) is 0. The largest absolute Gasteiger partial charge is 0.323 e. The summed E-state index contributed by atoms with van der Waals surface area (Å²) in [6, 6.07) is 20.7. The summed E-state index contributed by atoms with van der Waals surface area (Å²) in [6.07, 6.45) is 4.17. The van der Waals surface area contributed by atoms with Gasteiger partial charge >= 0.3 is 0 Å². The van der Waals surface area contributed by atoms with Crippen LogP contribution in [0.25, 0.3) is 27.7 Å². The van der Waals surface area contributed by atoms with Crippen LogP contribution < -0.4 is 0 Å². The zero-order valence-corrected chi connectivity index (χ0v) is 10.3. The zero-order chi connectivity index (χ0) is 12.7. The lowest BCUT2D eigenvalue weighted by molar-refractivity contribution is 1.20. The lowest BCUT2D eigenvalue weighted by atomic mass is 10.1. The van der Waals surface area contributed by atoms with Gasteiger partial charge in [-0.25, -0.2) is 4.98 Å². The molecule has 0 spiro atoms. The molecule has 3 heterocycles. The Hall–Kier alpha value is -2.61. The first-order valence-corrected chi connectivity index (χ1v) is 6.33. The molecule has 90 valence electrons. The number of rotatable bonds is 1. The molecule has 4 aromatic rings. The third-order valence-electron chi connectivity index (χ3n) is 3.40. The minimum Gasteiger partial charge on any atom is -0.323 e. The molecule has 2 nitrogen and oxygen atoms in total. The van der Waals surface area contributed by atoms with E-state index in [-0.39, 0.29) is 0 Å². The number of benzene rings is 1. The molecule has 3 aromatic heterocycles. The second-order valence-corrected chi connectivity index (χ2v) is 4.65. The molecule has 0 N–H and O–H groups in total. The third kappa shape index (κ3) is 1.69. The van der Waals surface area contributed by atoms with Crippen LogP contribution in [0.3, 0.4) is 0 Å². The van der Waals surface area contributed by atoms with Crippen LogP contribution in [0.15, 0.2) is 73.1 Å². The molecule has 4 rings (SSSR count). The van der Waals surface area contributed by atoms with Gasteiger partial charge in [0, 0.05) is 28.9 Å². The van der Waals surface area contributed by atoms with Crippen LogP contribution >= 0.6 is 0 Å². The van der Waals surface area contributed by atoms with Gasteiger partial charge in [-0.1, -0.05) is 30.3 Å². The molecule has 0 aliphatic carbocycles. The van der Waals surface area contributed by atoms with Crippen LogP contribution in [0, 0.1) is 0 Å². The normalized spacial score (nSPS) is 11.2. The third-order valence-corrected chi connectivity index (χ3v) is 3.40. The average Bonchev–Trinajstić information content (AvgIpc) is 2.90. The number of hydrogen-bond donors (Lipinski definition) is 0. The molecule has 0 saturated carbocycles. The van der Waals surface area contributed by atoms with Crippen LogP contribution in [-0.4, -0.2) is 9.38 Å². The van der Waals surface area contributed by atoms with Gasteiger partial charge in [0.1, 0.15) is 0 Å². The molecule has 0 amide bonds. The average molecular weight is 244 g/mol. The molecule has 0 atom stereocenters. The molecule has 0 aliphatic heterocycles. The van der Waals surface area contributed by atoms with Gasteiger partial charge in [0.25, 0.3) is 0 Å². The molecule has 0 radical (unpaired) electrons. The van der Waals surface area contributed by atoms with Crippen molar-refractivity contribution in [3.8, 4) is 11.3 Å². The van der Waals surface area contributed by atoms with E-state index < -0.39 is 0 Å². The Morgan fingerprint density at radius 1 is 0.842 bits per heavy atom. The fourth-order valence-electron chi connectivity index (χ4n) is 2.42. The van der Waals surface area contributed by atoms with Crippen LogP contribution in [0.1, 0.15) is 0 Å². The standard InChI is InChI=1S/C17H12N2/c1-2-7-16-13(5-1)8-9-17(18-16)14-11-15-6-3-4-10-19(15)12-14/h1-12H. The van der Waals surface area contributed by atoms with Crippen molar-refractivity contribution in [2.75, 3.05) is 0 Å². The summed E-state index contributed by atoms with van der Waals surface area (Å²) in [4.78, 5) is 4.73. The number of para-hydroxylation sites is 1. The van der Waals surface area contributed by atoms with Crippen LogP contribution in [-0.2, 0) is 0 Å². The van der Waals surface area contributed by atoms with E-state index in [1.54, 1.807) is 0 Å². The van der Waals surface area contributed by atoms with Crippen molar-refractivity contribution in [1.82, 2.24) is 9.38 Å². The Bertz CT molecular complexity index is 841. The monoisotopic (exact) mass is 244 g/mol. The smallest absolute Gasteiger partial charge is 0.0725 e. The number of pyridine rings is 2. The van der Waals surface area contributed by atoms with E-state index in [2.05, 4.69) is 53.2 Å². The minimum atomic E-state index is 1.02. The second-order valence-electron chi connectivity index (χ2n) is 4.65. The SMILES string of the molecule is c1ccc2nc(-c3cc4ccccn4c3)ccc2c1. The zero-order valence-electron chi connectivity index (χ0n) is 10.3. The summed E-state index contributed by atoms with van der Waals surface area (Å²) >= 11 is 0. The maximum absolute atomic E-state index is 4.73. The lowest BCUT2D eigenvalue weighted by Gasteiger charge is -2.00. The van der Waals surface area contributed by atoms with Gasteiger partial charge in [0.05, 0.1) is 11.2 Å². The minimum absolute atomic E-state index is 1.02. The number of fused-ring (bicyclic) bond motifs is 2. The molecular formula is C17H12N2. The van der Waals surface area contributed by atoms with Crippen molar-refractivity contribution >= 4 is 16.4 Å². The number of hydrogen-bond acceptors (Lipinski definition) is 1. The predicted molar refractivity (Wildman–Crippen MR) is 78.1 cm³/mol. The quantitative estimate of drug-likeness (QED) is 0.491. The summed E-state index contributed by atoms with van der Waals surface area (Å²) in [7, 11) is 0. The van der Waals surface area contributed by atoms with E-state index in [9.17, 15) is 0 Å². The first kappa shape index (κ1) is 10.3. The van der Waals surface area contributed by atoms with Crippen molar-refractivity contribution < 1.29 is 0 Å². The van der Waals surface area contributed by atoms with E-state index in [4.69, 9.17) is 4.98 Å². The molecule has 1 aromatic carbocycles. The highest BCUT2D eigenvalue weighted by Gasteiger charge is 2.04. The van der Waals surface area contributed by atoms with Crippen LogP contribution in [0.4, 0.5) is 0 Å². The van der Waals surface area contributed by atoms with Crippen molar-refractivity contribution in [3.05, 3.63) is 73.1 Å². The van der Waals surface area contributed by atoms with Gasteiger partial charge in [-0.15, -0.1) is 0 Å². The van der Waals surface area contributed by atoms with Crippen molar-refractivity contribution in [2.24, 2.45) is 0 Å². The fraction of sp³-hybridized carbons (Fsp3) is 0. The molecule has 0 unspecified atom stereocenters. The second kappa shape index (κ2) is 3.95. The maximum Gasteiger partial charge on any atom is 0.0725 e. The van der Waals surface area contributed by atoms with Gasteiger partial charge in [0.15, 0.2) is 0 Å². The number of nitrogens with zero attached hydrogens (tertiary/aromatic N) is 2. The Balaban J connectivity index is 1.93. The number of aromatic nitrogens is 2. The maximum atomic E-state index is 4.73. The Morgan fingerprint density at radius 2 is 1.74 bits per heavy atom. The summed E-state index contributed by atoms with van der Waals surface area (Å²) in [5.74, 6) is 0. The lowest BCUT2D eigenvalue weighted by Crippen LogP contribution is -1.83. The van der Waals surface area contributed by atoms with Crippen LogP contribution in [0.2, 0.25) is 0 Å². The molecule has 0 fully saturated rings. The molecule has 0 saturated heterocycles. The molecular weight excluding hydrogens is 232 g/mol. The van der Waals surface area contributed by atoms with E-state index in [0.29, 0.717) is 0 Å². The first-order valence-electron chi connectivity index (χ1n) is 6.33.